The van der Waals surface area contributed by atoms with Crippen LogP contribution >= 0.6 is 0 Å². The Bertz CT molecular complexity index is 447. The van der Waals surface area contributed by atoms with Crippen LogP contribution < -0.4 is 10.6 Å². The summed E-state index contributed by atoms with van der Waals surface area (Å²) in [5.74, 6) is 0.0936. The lowest BCUT2D eigenvalue weighted by Crippen LogP contribution is -2.35. The summed E-state index contributed by atoms with van der Waals surface area (Å²) < 4.78 is 0. The minimum Gasteiger partial charge on any atom is -0.352 e. The van der Waals surface area contributed by atoms with E-state index in [0.717, 1.165) is 6.54 Å². The van der Waals surface area contributed by atoms with Crippen LogP contribution in [0.3, 0.4) is 0 Å². The van der Waals surface area contributed by atoms with Crippen LogP contribution in [0.15, 0.2) is 24.3 Å². The Morgan fingerprint density at radius 3 is 1.38 bits per heavy atom. The predicted octanol–water partition coefficient (Wildman–Crippen LogP) is 5.73. The van der Waals surface area contributed by atoms with Gasteiger partial charge in [0.05, 0.1) is 0 Å². The third-order valence-electron chi connectivity index (χ3n) is 3.05. The molecular weight excluding hydrogens is 320 g/mol. The SMILES string of the molecule is CC(C)(C)/C=C/CNC(=O)C(C)(C)C.CC(C)(C)/C=C/CNC(C)(C)C. The molecule has 0 aromatic rings. The first kappa shape index (κ1) is 27.1. The third kappa shape index (κ3) is 22.9. The Balaban J connectivity index is 0. The largest absolute Gasteiger partial charge is 0.352 e. The van der Waals surface area contributed by atoms with Crippen molar-refractivity contribution in [2.75, 3.05) is 13.1 Å². The maximum absolute atomic E-state index is 11.4. The summed E-state index contributed by atoms with van der Waals surface area (Å²) in [4.78, 5) is 11.4. The third-order valence-corrected chi connectivity index (χ3v) is 3.05. The summed E-state index contributed by atoms with van der Waals surface area (Å²) in [6.07, 6.45) is 8.55. The van der Waals surface area contributed by atoms with Crippen molar-refractivity contribution in [3.8, 4) is 0 Å². The molecule has 0 atom stereocenters. The van der Waals surface area contributed by atoms with Crippen LogP contribution in [0.4, 0.5) is 0 Å². The second-order valence-electron chi connectivity index (χ2n) is 11.1. The predicted molar refractivity (Wildman–Crippen MR) is 117 cm³/mol. The highest BCUT2D eigenvalue weighted by Crippen LogP contribution is 2.15. The summed E-state index contributed by atoms with van der Waals surface area (Å²) >= 11 is 0. The Kier molecular flexibility index (Phi) is 11.4. The van der Waals surface area contributed by atoms with Crippen LogP contribution in [0.25, 0.3) is 0 Å². The lowest BCUT2D eigenvalue weighted by Gasteiger charge is -2.19. The van der Waals surface area contributed by atoms with Gasteiger partial charge in [-0.2, -0.15) is 0 Å². The van der Waals surface area contributed by atoms with Crippen molar-refractivity contribution in [1.29, 1.82) is 0 Å². The molecule has 2 N–H and O–H groups in total. The molecule has 0 aromatic heterocycles. The average Bonchev–Trinajstić information content (AvgIpc) is 2.36. The van der Waals surface area contributed by atoms with Gasteiger partial charge in [0.1, 0.15) is 0 Å². The summed E-state index contributed by atoms with van der Waals surface area (Å²) in [6, 6.07) is 0. The first-order valence-electron chi connectivity index (χ1n) is 9.72. The van der Waals surface area contributed by atoms with E-state index in [-0.39, 0.29) is 22.3 Å². The molecule has 0 aliphatic rings. The molecule has 0 heterocycles. The molecule has 0 spiro atoms. The molecule has 0 rings (SSSR count). The van der Waals surface area contributed by atoms with Gasteiger partial charge < -0.3 is 10.6 Å². The highest BCUT2D eigenvalue weighted by atomic mass is 16.2. The van der Waals surface area contributed by atoms with E-state index in [1.807, 2.05) is 26.8 Å². The van der Waals surface area contributed by atoms with E-state index in [4.69, 9.17) is 0 Å². The molecule has 26 heavy (non-hydrogen) atoms. The lowest BCUT2D eigenvalue weighted by atomic mass is 9.95. The molecule has 3 heteroatoms. The van der Waals surface area contributed by atoms with Crippen LogP contribution in [0.2, 0.25) is 0 Å². The van der Waals surface area contributed by atoms with Crippen LogP contribution in [0.5, 0.6) is 0 Å². The van der Waals surface area contributed by atoms with Gasteiger partial charge in [-0.15, -0.1) is 0 Å². The number of hydrogen-bond donors (Lipinski definition) is 2. The van der Waals surface area contributed by atoms with Gasteiger partial charge in [0, 0.05) is 24.0 Å². The zero-order chi connectivity index (χ0) is 21.2. The number of amides is 1. The van der Waals surface area contributed by atoms with Crippen LogP contribution in [-0.4, -0.2) is 24.5 Å². The highest BCUT2D eigenvalue weighted by Gasteiger charge is 2.19. The number of rotatable bonds is 4. The van der Waals surface area contributed by atoms with E-state index in [1.165, 1.54) is 0 Å². The lowest BCUT2D eigenvalue weighted by molar-refractivity contribution is -0.128. The molecule has 0 radical (unpaired) electrons. The minimum absolute atomic E-state index is 0.0936. The van der Waals surface area contributed by atoms with Gasteiger partial charge in [-0.25, -0.2) is 0 Å². The topological polar surface area (TPSA) is 41.1 Å². The molecule has 0 bridgehead atoms. The van der Waals surface area contributed by atoms with Gasteiger partial charge in [0.25, 0.3) is 0 Å². The van der Waals surface area contributed by atoms with E-state index in [9.17, 15) is 4.79 Å². The molecule has 1 amide bonds. The normalized spacial score (nSPS) is 13.7. The smallest absolute Gasteiger partial charge is 0.225 e. The molecule has 0 aliphatic carbocycles. The number of allylic oxidation sites excluding steroid dienone is 2. The molecule has 0 aliphatic heterocycles. The van der Waals surface area contributed by atoms with Crippen molar-refractivity contribution in [2.24, 2.45) is 16.2 Å². The molecule has 0 saturated heterocycles. The summed E-state index contributed by atoms with van der Waals surface area (Å²) in [5, 5.41) is 6.28. The monoisotopic (exact) mass is 366 g/mol. The molecule has 154 valence electrons. The Labute approximate surface area is 164 Å². The van der Waals surface area contributed by atoms with Crippen molar-refractivity contribution < 1.29 is 4.79 Å². The number of nitrogens with one attached hydrogen (secondary N) is 2. The molecule has 0 aromatic carbocycles. The van der Waals surface area contributed by atoms with Gasteiger partial charge in [-0.1, -0.05) is 86.6 Å². The average molecular weight is 367 g/mol. The zero-order valence-electron chi connectivity index (χ0n) is 19.6. The van der Waals surface area contributed by atoms with Crippen molar-refractivity contribution in [1.82, 2.24) is 10.6 Å². The molecule has 0 saturated carbocycles. The van der Waals surface area contributed by atoms with E-state index in [2.05, 4.69) is 91.2 Å². The van der Waals surface area contributed by atoms with Gasteiger partial charge in [0.2, 0.25) is 5.91 Å². The molecule has 0 unspecified atom stereocenters. The van der Waals surface area contributed by atoms with Crippen molar-refractivity contribution in [3.63, 3.8) is 0 Å². The van der Waals surface area contributed by atoms with Crippen LogP contribution in [0, 0.1) is 16.2 Å². The fraction of sp³-hybridized carbons (Fsp3) is 0.783. The van der Waals surface area contributed by atoms with Gasteiger partial charge >= 0.3 is 0 Å². The fourth-order valence-electron chi connectivity index (χ4n) is 1.61. The minimum atomic E-state index is -0.296. The Hall–Kier alpha value is -1.09. The van der Waals surface area contributed by atoms with Crippen LogP contribution in [0.1, 0.15) is 83.1 Å². The maximum atomic E-state index is 11.4. The first-order valence-corrected chi connectivity index (χ1v) is 9.72. The number of carbonyl (C=O) groups excluding carboxylic acids is 1. The van der Waals surface area contributed by atoms with Gasteiger partial charge in [-0.3, -0.25) is 4.79 Å². The van der Waals surface area contributed by atoms with Crippen molar-refractivity contribution in [2.45, 2.75) is 88.6 Å². The standard InChI is InChI=1S/C12H23NO.C11H23N/c1-11(2,3)8-7-9-13-10(14)12(4,5)6;1-10(2,3)8-7-9-12-11(4,5)6/h7-8H,9H2,1-6H3,(H,13,14);7-8,12H,9H2,1-6H3/b2*8-7+. The van der Waals surface area contributed by atoms with Gasteiger partial charge in [0.15, 0.2) is 0 Å². The number of carbonyl (C=O) groups is 1. The Morgan fingerprint density at radius 1 is 0.692 bits per heavy atom. The van der Waals surface area contributed by atoms with E-state index in [1.54, 1.807) is 0 Å². The van der Waals surface area contributed by atoms with Gasteiger partial charge in [-0.05, 0) is 31.6 Å². The molecule has 0 fully saturated rings. The number of hydrogen-bond acceptors (Lipinski definition) is 2. The maximum Gasteiger partial charge on any atom is 0.225 e. The molecular formula is C23H46N2O. The van der Waals surface area contributed by atoms with Crippen molar-refractivity contribution in [3.05, 3.63) is 24.3 Å². The van der Waals surface area contributed by atoms with Crippen molar-refractivity contribution >= 4 is 5.91 Å². The van der Waals surface area contributed by atoms with Crippen LogP contribution in [-0.2, 0) is 4.79 Å². The van der Waals surface area contributed by atoms with E-state index < -0.39 is 0 Å². The Morgan fingerprint density at radius 2 is 1.08 bits per heavy atom. The summed E-state index contributed by atoms with van der Waals surface area (Å²) in [5.41, 5.74) is 0.420. The second kappa shape index (κ2) is 10.9. The first-order chi connectivity index (χ1) is 11.3. The van der Waals surface area contributed by atoms with E-state index >= 15 is 0 Å². The zero-order valence-corrected chi connectivity index (χ0v) is 19.6. The molecule has 3 nitrogen and oxygen atoms in total. The second-order valence-corrected chi connectivity index (χ2v) is 11.1. The van der Waals surface area contributed by atoms with E-state index in [0.29, 0.717) is 12.0 Å². The summed E-state index contributed by atoms with van der Waals surface area (Å²) in [7, 11) is 0. The quantitative estimate of drug-likeness (QED) is 0.624. The highest BCUT2D eigenvalue weighted by molar-refractivity contribution is 5.81. The fourth-order valence-corrected chi connectivity index (χ4v) is 1.61. The summed E-state index contributed by atoms with van der Waals surface area (Å²) in [6.45, 7) is 26.9.